The van der Waals surface area contributed by atoms with Crippen molar-refractivity contribution in [3.05, 3.63) is 29.3 Å². The Bertz CT molecular complexity index is 1050. The van der Waals surface area contributed by atoms with Gasteiger partial charge in [-0.1, -0.05) is 45.3 Å². The van der Waals surface area contributed by atoms with Crippen LogP contribution in [0.15, 0.2) is 23.8 Å². The molecule has 1 saturated carbocycles. The highest BCUT2D eigenvalue weighted by atomic mass is 16.5. The van der Waals surface area contributed by atoms with Crippen LogP contribution < -0.4 is 14.2 Å². The second-order valence-corrected chi connectivity index (χ2v) is 12.1. The summed E-state index contributed by atoms with van der Waals surface area (Å²) in [5.74, 6) is 2.95. The SMILES string of the molecule is CCCCCC(=O)N1CCN(CCN(CC2=CCC3CC2C3(C)C)C(=O)c2cc(OC)c(OC)c(OC)c2)CC1. The van der Waals surface area contributed by atoms with E-state index in [1.54, 1.807) is 33.5 Å². The molecule has 2 unspecified atom stereocenters. The first-order chi connectivity index (χ1) is 19.2. The van der Waals surface area contributed by atoms with Crippen LogP contribution in [0.25, 0.3) is 0 Å². The van der Waals surface area contributed by atoms with Crippen molar-refractivity contribution in [3.63, 3.8) is 0 Å². The van der Waals surface area contributed by atoms with Crippen molar-refractivity contribution in [2.24, 2.45) is 17.3 Å². The number of nitrogens with zero attached hydrogens (tertiary/aromatic N) is 3. The topological polar surface area (TPSA) is 71.6 Å². The third kappa shape index (κ3) is 6.42. The summed E-state index contributed by atoms with van der Waals surface area (Å²) in [4.78, 5) is 33.0. The zero-order chi connectivity index (χ0) is 28.9. The quantitative estimate of drug-likeness (QED) is 0.255. The minimum atomic E-state index is -0.0378. The van der Waals surface area contributed by atoms with Gasteiger partial charge in [0.1, 0.15) is 0 Å². The van der Waals surface area contributed by atoms with Gasteiger partial charge >= 0.3 is 0 Å². The van der Waals surface area contributed by atoms with Crippen molar-refractivity contribution < 1.29 is 23.8 Å². The van der Waals surface area contributed by atoms with Gasteiger partial charge in [0.05, 0.1) is 21.3 Å². The number of carbonyl (C=O) groups is 2. The summed E-state index contributed by atoms with van der Waals surface area (Å²) >= 11 is 0. The van der Waals surface area contributed by atoms with E-state index in [-0.39, 0.29) is 11.8 Å². The first-order valence-electron chi connectivity index (χ1n) is 15.0. The van der Waals surface area contributed by atoms with Crippen LogP contribution in [0.3, 0.4) is 0 Å². The van der Waals surface area contributed by atoms with Crippen LogP contribution in [0.2, 0.25) is 0 Å². The number of hydrogen-bond donors (Lipinski definition) is 0. The number of rotatable bonds is 13. The molecule has 2 atom stereocenters. The summed E-state index contributed by atoms with van der Waals surface area (Å²) in [7, 11) is 4.70. The molecule has 0 N–H and O–H groups in total. The standard InChI is InChI=1S/C32H49N3O5/c1-7-8-9-10-29(36)34-16-13-33(14-17-34)15-18-35(22-23-11-12-25-21-26(23)32(25,2)3)31(37)24-19-27(38-4)30(40-6)28(20-24)39-5/h11,19-20,25-26H,7-10,12-18,21-22H2,1-6H3. The molecule has 1 heterocycles. The number of unbranched alkanes of at least 4 members (excludes halogenated alkanes) is 2. The van der Waals surface area contributed by atoms with Crippen molar-refractivity contribution in [3.8, 4) is 17.2 Å². The summed E-state index contributed by atoms with van der Waals surface area (Å²) < 4.78 is 16.6. The Kier molecular flexibility index (Phi) is 10.0. The monoisotopic (exact) mass is 555 g/mol. The highest BCUT2D eigenvalue weighted by Gasteiger charge is 2.51. The van der Waals surface area contributed by atoms with Gasteiger partial charge in [-0.25, -0.2) is 0 Å². The first-order valence-corrected chi connectivity index (χ1v) is 15.0. The van der Waals surface area contributed by atoms with E-state index in [4.69, 9.17) is 14.2 Å². The zero-order valence-electron chi connectivity index (χ0n) is 25.5. The molecule has 40 heavy (non-hydrogen) atoms. The van der Waals surface area contributed by atoms with Gasteiger partial charge in [-0.3, -0.25) is 14.5 Å². The molecule has 0 radical (unpaired) electrons. The van der Waals surface area contributed by atoms with Crippen LogP contribution in [0.5, 0.6) is 17.2 Å². The molecule has 222 valence electrons. The van der Waals surface area contributed by atoms with Crippen LogP contribution in [0.4, 0.5) is 0 Å². The molecular weight excluding hydrogens is 506 g/mol. The number of carbonyl (C=O) groups excluding carboxylic acids is 2. The third-order valence-corrected chi connectivity index (χ3v) is 9.56. The van der Waals surface area contributed by atoms with E-state index in [1.807, 2.05) is 9.80 Å². The van der Waals surface area contributed by atoms with Gasteiger partial charge in [0.15, 0.2) is 11.5 Å². The van der Waals surface area contributed by atoms with Gasteiger partial charge in [-0.15, -0.1) is 0 Å². The maximum absolute atomic E-state index is 14.0. The van der Waals surface area contributed by atoms with Crippen molar-refractivity contribution >= 4 is 11.8 Å². The molecule has 8 heteroatoms. The van der Waals surface area contributed by atoms with Crippen molar-refractivity contribution in [2.45, 2.75) is 59.3 Å². The third-order valence-electron chi connectivity index (χ3n) is 9.56. The normalized spacial score (nSPS) is 21.8. The molecule has 0 aromatic heterocycles. The van der Waals surface area contributed by atoms with Crippen LogP contribution in [-0.4, -0.2) is 93.7 Å². The molecule has 3 aliphatic carbocycles. The highest BCUT2D eigenvalue weighted by Crippen LogP contribution is 2.59. The molecule has 2 amide bonds. The van der Waals surface area contributed by atoms with Gasteiger partial charge in [-0.2, -0.15) is 0 Å². The van der Waals surface area contributed by atoms with Gasteiger partial charge in [-0.05, 0) is 48.6 Å². The van der Waals surface area contributed by atoms with E-state index < -0.39 is 0 Å². The molecule has 1 aliphatic heterocycles. The smallest absolute Gasteiger partial charge is 0.254 e. The Labute approximate surface area is 240 Å². The van der Waals surface area contributed by atoms with Gasteiger partial charge in [0, 0.05) is 57.8 Å². The van der Waals surface area contributed by atoms with Crippen LogP contribution in [-0.2, 0) is 4.79 Å². The summed E-state index contributed by atoms with van der Waals surface area (Å²) in [6, 6.07) is 3.50. The predicted molar refractivity (Wildman–Crippen MR) is 157 cm³/mol. The number of allylic oxidation sites excluding steroid dienone is 1. The Balaban J connectivity index is 1.46. The molecular formula is C32H49N3O5. The van der Waals surface area contributed by atoms with E-state index >= 15 is 0 Å². The van der Waals surface area contributed by atoms with E-state index in [9.17, 15) is 9.59 Å². The van der Waals surface area contributed by atoms with E-state index in [1.165, 1.54) is 12.0 Å². The maximum atomic E-state index is 14.0. The van der Waals surface area contributed by atoms with Crippen LogP contribution in [0.1, 0.15) is 69.7 Å². The molecule has 1 saturated heterocycles. The van der Waals surface area contributed by atoms with Gasteiger partial charge in [0.25, 0.3) is 5.91 Å². The second-order valence-electron chi connectivity index (χ2n) is 12.1. The van der Waals surface area contributed by atoms with Gasteiger partial charge in [0.2, 0.25) is 11.7 Å². The Hall–Kier alpha value is -2.74. The number of ether oxygens (including phenoxy) is 3. The van der Waals surface area contributed by atoms with Crippen molar-refractivity contribution in [1.82, 2.24) is 14.7 Å². The van der Waals surface area contributed by atoms with Crippen molar-refractivity contribution in [2.75, 3.05) is 67.1 Å². The van der Waals surface area contributed by atoms with E-state index in [0.29, 0.717) is 53.7 Å². The summed E-state index contributed by atoms with van der Waals surface area (Å²) in [6.07, 6.45) is 8.56. The maximum Gasteiger partial charge on any atom is 0.254 e. The molecule has 2 fully saturated rings. The summed E-state index contributed by atoms with van der Waals surface area (Å²) in [6.45, 7) is 12.1. The number of benzene rings is 1. The first kappa shape index (κ1) is 30.2. The lowest BCUT2D eigenvalue weighted by Gasteiger charge is -2.57. The Morgan fingerprint density at radius 3 is 2.23 bits per heavy atom. The van der Waals surface area contributed by atoms with Crippen LogP contribution in [0, 0.1) is 17.3 Å². The number of hydrogen-bond acceptors (Lipinski definition) is 6. The number of fused-ring (bicyclic) bond motifs is 1. The largest absolute Gasteiger partial charge is 0.493 e. The zero-order valence-corrected chi connectivity index (χ0v) is 25.5. The molecule has 8 nitrogen and oxygen atoms in total. The lowest BCUT2D eigenvalue weighted by atomic mass is 9.49. The minimum Gasteiger partial charge on any atom is -0.493 e. The lowest BCUT2D eigenvalue weighted by Crippen LogP contribution is -2.52. The van der Waals surface area contributed by atoms with Crippen LogP contribution >= 0.6 is 0 Å². The number of methoxy groups -OCH3 is 3. The fourth-order valence-corrected chi connectivity index (χ4v) is 6.68. The van der Waals surface area contributed by atoms with Gasteiger partial charge < -0.3 is 24.0 Å². The molecule has 4 aliphatic rings. The molecule has 1 aromatic rings. The average molecular weight is 556 g/mol. The minimum absolute atomic E-state index is 0.0378. The fourth-order valence-electron chi connectivity index (χ4n) is 6.68. The molecule has 0 spiro atoms. The van der Waals surface area contributed by atoms with Crippen molar-refractivity contribution in [1.29, 1.82) is 0 Å². The molecule has 2 bridgehead atoms. The predicted octanol–water partition coefficient (Wildman–Crippen LogP) is 4.87. The molecule has 5 rings (SSSR count). The van der Waals surface area contributed by atoms with E-state index in [0.717, 1.165) is 64.3 Å². The number of amides is 2. The highest BCUT2D eigenvalue weighted by molar-refractivity contribution is 5.96. The Morgan fingerprint density at radius 2 is 1.68 bits per heavy atom. The molecule has 1 aromatic carbocycles. The summed E-state index contributed by atoms with van der Waals surface area (Å²) in [5.41, 5.74) is 2.21. The Morgan fingerprint density at radius 1 is 1.00 bits per heavy atom. The average Bonchev–Trinajstić information content (AvgIpc) is 2.98. The second kappa shape index (κ2) is 13.3. The fraction of sp³-hybridized carbons (Fsp3) is 0.688. The lowest BCUT2D eigenvalue weighted by molar-refractivity contribution is -0.133. The number of piperazine rings is 1. The summed E-state index contributed by atoms with van der Waals surface area (Å²) in [5, 5.41) is 0. The van der Waals surface area contributed by atoms with E-state index in [2.05, 4.69) is 31.7 Å².